The van der Waals surface area contributed by atoms with Crippen LogP contribution in [0.2, 0.25) is 4.34 Å². The molecule has 1 N–H and O–H groups in total. The van der Waals surface area contributed by atoms with Gasteiger partial charge in [0.2, 0.25) is 0 Å². The minimum absolute atomic E-state index is 0.271. The molecule has 0 saturated carbocycles. The van der Waals surface area contributed by atoms with Gasteiger partial charge in [0.05, 0.1) is 10.0 Å². The van der Waals surface area contributed by atoms with Crippen LogP contribution in [-0.2, 0) is 6.54 Å². The van der Waals surface area contributed by atoms with Gasteiger partial charge in [-0.25, -0.2) is 0 Å². The summed E-state index contributed by atoms with van der Waals surface area (Å²) in [5, 5.41) is 9.46. The molecule has 0 aliphatic carbocycles. The summed E-state index contributed by atoms with van der Waals surface area (Å²) < 4.78 is 5.95. The van der Waals surface area contributed by atoms with Crippen molar-refractivity contribution in [3.63, 3.8) is 0 Å². The van der Waals surface area contributed by atoms with Crippen LogP contribution in [0.15, 0.2) is 16.0 Å². The van der Waals surface area contributed by atoms with Crippen LogP contribution in [0.5, 0.6) is 0 Å². The lowest BCUT2D eigenvalue weighted by molar-refractivity contribution is 0.391. The fourth-order valence-electron chi connectivity index (χ4n) is 1.68. The van der Waals surface area contributed by atoms with Crippen LogP contribution in [0.3, 0.4) is 0 Å². The third-order valence-electron chi connectivity index (χ3n) is 2.85. The number of thiophene rings is 1. The van der Waals surface area contributed by atoms with Crippen molar-refractivity contribution in [3.8, 4) is 0 Å². The summed E-state index contributed by atoms with van der Waals surface area (Å²) in [5.74, 6) is 0.880. The van der Waals surface area contributed by atoms with Crippen molar-refractivity contribution in [3.05, 3.63) is 38.4 Å². The third kappa shape index (κ3) is 2.89. The Morgan fingerprint density at radius 3 is 2.82 bits per heavy atom. The van der Waals surface area contributed by atoms with Crippen LogP contribution >= 0.6 is 22.9 Å². The highest BCUT2D eigenvalue weighted by Crippen LogP contribution is 2.25. The molecule has 0 fully saturated rings. The van der Waals surface area contributed by atoms with Gasteiger partial charge in [0.15, 0.2) is 0 Å². The molecule has 0 saturated heterocycles. The first-order chi connectivity index (χ1) is 8.08. The Bertz CT molecular complexity index is 487. The van der Waals surface area contributed by atoms with Gasteiger partial charge in [0, 0.05) is 18.2 Å². The average Bonchev–Trinajstić information content (AvgIpc) is 2.84. The van der Waals surface area contributed by atoms with Gasteiger partial charge < -0.3 is 9.84 Å². The molecule has 0 radical (unpaired) electrons. The highest BCUT2D eigenvalue weighted by Gasteiger charge is 2.11. The predicted molar refractivity (Wildman–Crippen MR) is 70.6 cm³/mol. The van der Waals surface area contributed by atoms with Gasteiger partial charge in [-0.05, 0) is 37.8 Å². The molecule has 0 spiro atoms. The number of hydrogen-bond acceptors (Lipinski definition) is 4. The lowest BCUT2D eigenvalue weighted by atomic mass is 10.1. The number of nitrogens with zero attached hydrogens (tertiary/aromatic N) is 1. The maximum Gasteiger partial charge on any atom is 0.138 e. The number of aryl methyl sites for hydroxylation is 2. The molecule has 17 heavy (non-hydrogen) atoms. The van der Waals surface area contributed by atoms with E-state index >= 15 is 0 Å². The molecule has 2 aromatic heterocycles. The lowest BCUT2D eigenvalue weighted by Gasteiger charge is -2.11. The Hall–Kier alpha value is -0.840. The minimum atomic E-state index is 0.271. The van der Waals surface area contributed by atoms with E-state index in [1.54, 1.807) is 11.3 Å². The highest BCUT2D eigenvalue weighted by molar-refractivity contribution is 7.14. The Morgan fingerprint density at radius 2 is 2.29 bits per heavy atom. The fraction of sp³-hybridized carbons (Fsp3) is 0.417. The Balaban J connectivity index is 1.99. The zero-order chi connectivity index (χ0) is 12.4. The maximum atomic E-state index is 5.92. The van der Waals surface area contributed by atoms with Gasteiger partial charge >= 0.3 is 0 Å². The van der Waals surface area contributed by atoms with Crippen molar-refractivity contribution < 1.29 is 4.52 Å². The van der Waals surface area contributed by atoms with Crippen molar-refractivity contribution in [2.24, 2.45) is 0 Å². The predicted octanol–water partition coefficient (Wildman–Crippen LogP) is 3.86. The molecule has 3 nitrogen and oxygen atoms in total. The summed E-state index contributed by atoms with van der Waals surface area (Å²) in [4.78, 5) is 0. The van der Waals surface area contributed by atoms with Crippen molar-refractivity contribution in [2.75, 3.05) is 0 Å². The quantitative estimate of drug-likeness (QED) is 0.917. The second-order valence-electron chi connectivity index (χ2n) is 4.09. The summed E-state index contributed by atoms with van der Waals surface area (Å²) in [7, 11) is 0. The molecule has 0 aromatic carbocycles. The molecule has 5 heteroatoms. The molecule has 1 unspecified atom stereocenters. The minimum Gasteiger partial charge on any atom is -0.361 e. The molecular formula is C12H15ClN2OS. The summed E-state index contributed by atoms with van der Waals surface area (Å²) in [6.07, 6.45) is 0. The van der Waals surface area contributed by atoms with E-state index in [-0.39, 0.29) is 6.04 Å². The summed E-state index contributed by atoms with van der Waals surface area (Å²) in [6, 6.07) is 2.27. The summed E-state index contributed by atoms with van der Waals surface area (Å²) in [6.45, 7) is 6.77. The third-order valence-corrected chi connectivity index (χ3v) is 3.96. The monoisotopic (exact) mass is 270 g/mol. The summed E-state index contributed by atoms with van der Waals surface area (Å²) >= 11 is 7.48. The summed E-state index contributed by atoms with van der Waals surface area (Å²) in [5.41, 5.74) is 3.30. The molecule has 2 heterocycles. The van der Waals surface area contributed by atoms with Crippen LogP contribution in [0.4, 0.5) is 0 Å². The molecule has 0 bridgehead atoms. The number of nitrogens with one attached hydrogen (secondary N) is 1. The van der Waals surface area contributed by atoms with E-state index < -0.39 is 0 Å². The standard InChI is InChI=1S/C12H15ClN2OS/c1-7(10-4-12(13)17-6-10)14-5-11-8(2)15-16-9(11)3/h4,6-7,14H,5H2,1-3H3. The molecular weight excluding hydrogens is 256 g/mol. The average molecular weight is 271 g/mol. The molecule has 92 valence electrons. The Kier molecular flexibility index (Phi) is 3.86. The zero-order valence-electron chi connectivity index (χ0n) is 10.1. The van der Waals surface area contributed by atoms with E-state index in [1.807, 2.05) is 19.9 Å². The smallest absolute Gasteiger partial charge is 0.138 e. The molecule has 1 atom stereocenters. The van der Waals surface area contributed by atoms with Crippen LogP contribution < -0.4 is 5.32 Å². The number of aromatic nitrogens is 1. The first kappa shape index (κ1) is 12.6. The van der Waals surface area contributed by atoms with Crippen molar-refractivity contribution in [2.45, 2.75) is 33.4 Å². The molecule has 0 amide bonds. The van der Waals surface area contributed by atoms with E-state index in [1.165, 1.54) is 5.56 Å². The largest absolute Gasteiger partial charge is 0.361 e. The Morgan fingerprint density at radius 1 is 1.53 bits per heavy atom. The van der Waals surface area contributed by atoms with Gasteiger partial charge in [-0.15, -0.1) is 11.3 Å². The number of halogens is 1. The van der Waals surface area contributed by atoms with E-state index in [0.717, 1.165) is 27.9 Å². The molecule has 0 aliphatic heterocycles. The van der Waals surface area contributed by atoms with Gasteiger partial charge in [-0.2, -0.15) is 0 Å². The Labute approximate surface area is 110 Å². The van der Waals surface area contributed by atoms with Gasteiger partial charge in [-0.3, -0.25) is 0 Å². The van der Waals surface area contributed by atoms with Gasteiger partial charge in [-0.1, -0.05) is 16.8 Å². The van der Waals surface area contributed by atoms with E-state index in [0.29, 0.717) is 0 Å². The zero-order valence-corrected chi connectivity index (χ0v) is 11.7. The van der Waals surface area contributed by atoms with Gasteiger partial charge in [0.1, 0.15) is 5.76 Å². The number of hydrogen-bond donors (Lipinski definition) is 1. The lowest BCUT2D eigenvalue weighted by Crippen LogP contribution is -2.18. The first-order valence-corrected chi connectivity index (χ1v) is 6.72. The van der Waals surface area contributed by atoms with Crippen LogP contribution in [0.25, 0.3) is 0 Å². The topological polar surface area (TPSA) is 38.1 Å². The van der Waals surface area contributed by atoms with Crippen LogP contribution in [-0.4, -0.2) is 5.16 Å². The highest BCUT2D eigenvalue weighted by atomic mass is 35.5. The maximum absolute atomic E-state index is 5.92. The van der Waals surface area contributed by atoms with E-state index in [4.69, 9.17) is 16.1 Å². The molecule has 0 aliphatic rings. The SMILES string of the molecule is Cc1noc(C)c1CNC(C)c1csc(Cl)c1. The normalized spacial score (nSPS) is 12.9. The number of rotatable bonds is 4. The molecule has 2 rings (SSSR count). The van der Waals surface area contributed by atoms with E-state index in [9.17, 15) is 0 Å². The van der Waals surface area contributed by atoms with E-state index in [2.05, 4.69) is 22.8 Å². The van der Waals surface area contributed by atoms with Crippen molar-refractivity contribution in [1.82, 2.24) is 10.5 Å². The van der Waals surface area contributed by atoms with Crippen molar-refractivity contribution in [1.29, 1.82) is 0 Å². The fourth-order valence-corrected chi connectivity index (χ4v) is 2.66. The van der Waals surface area contributed by atoms with Crippen LogP contribution in [0.1, 0.15) is 35.5 Å². The van der Waals surface area contributed by atoms with Crippen LogP contribution in [0, 0.1) is 13.8 Å². The van der Waals surface area contributed by atoms with Gasteiger partial charge in [0.25, 0.3) is 0 Å². The van der Waals surface area contributed by atoms with Crippen molar-refractivity contribution >= 4 is 22.9 Å². The molecule has 2 aromatic rings. The second kappa shape index (κ2) is 5.21. The first-order valence-electron chi connectivity index (χ1n) is 5.47. The second-order valence-corrected chi connectivity index (χ2v) is 5.63.